The number of aliphatic hydroxyl groups excluding tert-OH is 1. The van der Waals surface area contributed by atoms with Crippen LogP contribution in [0.1, 0.15) is 32.1 Å². The first kappa shape index (κ1) is 16.3. The monoisotopic (exact) mass is 311 g/mol. The highest BCUT2D eigenvalue weighted by Crippen LogP contribution is 2.24. The van der Waals surface area contributed by atoms with Crippen molar-refractivity contribution in [3.8, 4) is 0 Å². The number of benzene rings is 1. The van der Waals surface area contributed by atoms with Crippen LogP contribution in [0.15, 0.2) is 29.2 Å². The molecular formula is C16H22FNO2S. The van der Waals surface area contributed by atoms with E-state index in [0.29, 0.717) is 12.2 Å². The standard InChI is InChI=1S/C16H22FNO2S/c1-18(14-4-2-3-5-15(14)19)16(20)10-11-21-13-8-6-12(17)7-9-13/h6-9,14-15,19H,2-5,10-11H2,1H3. The van der Waals surface area contributed by atoms with Gasteiger partial charge in [-0.25, -0.2) is 4.39 Å². The summed E-state index contributed by atoms with van der Waals surface area (Å²) in [5.41, 5.74) is 0. The number of halogens is 1. The highest BCUT2D eigenvalue weighted by molar-refractivity contribution is 7.99. The molecule has 1 aliphatic carbocycles. The van der Waals surface area contributed by atoms with E-state index < -0.39 is 6.10 Å². The second-order valence-electron chi connectivity index (χ2n) is 5.48. The topological polar surface area (TPSA) is 40.5 Å². The van der Waals surface area contributed by atoms with Gasteiger partial charge in [0.15, 0.2) is 0 Å². The molecule has 1 amide bonds. The van der Waals surface area contributed by atoms with Crippen LogP contribution in [-0.4, -0.2) is 40.9 Å². The lowest BCUT2D eigenvalue weighted by atomic mass is 9.91. The largest absolute Gasteiger partial charge is 0.391 e. The van der Waals surface area contributed by atoms with Gasteiger partial charge in [0.1, 0.15) is 5.82 Å². The minimum atomic E-state index is -0.391. The van der Waals surface area contributed by atoms with Crippen molar-refractivity contribution in [2.24, 2.45) is 0 Å². The lowest BCUT2D eigenvalue weighted by molar-refractivity contribution is -0.134. The predicted molar refractivity (Wildman–Crippen MR) is 82.8 cm³/mol. The number of rotatable bonds is 5. The van der Waals surface area contributed by atoms with Crippen molar-refractivity contribution in [3.05, 3.63) is 30.1 Å². The Morgan fingerprint density at radius 2 is 2.00 bits per heavy atom. The van der Waals surface area contributed by atoms with Crippen molar-refractivity contribution in [1.82, 2.24) is 4.90 Å². The Kier molecular flexibility index (Phi) is 6.06. The van der Waals surface area contributed by atoms with Gasteiger partial charge in [-0.15, -0.1) is 11.8 Å². The van der Waals surface area contributed by atoms with Crippen molar-refractivity contribution in [2.75, 3.05) is 12.8 Å². The van der Waals surface area contributed by atoms with Crippen LogP contribution in [0.3, 0.4) is 0 Å². The van der Waals surface area contributed by atoms with Gasteiger partial charge in [-0.1, -0.05) is 12.8 Å². The minimum absolute atomic E-state index is 0.0397. The molecule has 0 heterocycles. The Bertz CT molecular complexity index is 466. The van der Waals surface area contributed by atoms with Crippen LogP contribution in [0.2, 0.25) is 0 Å². The normalized spacial score (nSPS) is 22.0. The third kappa shape index (κ3) is 4.71. The van der Waals surface area contributed by atoms with E-state index in [2.05, 4.69) is 0 Å². The Labute approximate surface area is 129 Å². The molecule has 2 atom stereocenters. The fraction of sp³-hybridized carbons (Fsp3) is 0.562. The van der Waals surface area contributed by atoms with Crippen molar-refractivity contribution < 1.29 is 14.3 Å². The first-order chi connectivity index (χ1) is 10.1. The highest BCUT2D eigenvalue weighted by Gasteiger charge is 2.28. The molecule has 116 valence electrons. The molecule has 1 fully saturated rings. The van der Waals surface area contributed by atoms with E-state index in [1.807, 2.05) is 0 Å². The molecule has 3 nitrogen and oxygen atoms in total. The SMILES string of the molecule is CN(C(=O)CCSc1ccc(F)cc1)C1CCCCC1O. The Balaban J connectivity index is 1.77. The third-order valence-corrected chi connectivity index (χ3v) is 5.00. The van der Waals surface area contributed by atoms with E-state index >= 15 is 0 Å². The fourth-order valence-electron chi connectivity index (χ4n) is 2.69. The Hall–Kier alpha value is -1.07. The summed E-state index contributed by atoms with van der Waals surface area (Å²) in [6.45, 7) is 0. The van der Waals surface area contributed by atoms with Crippen molar-refractivity contribution >= 4 is 17.7 Å². The molecule has 1 N–H and O–H groups in total. The van der Waals surface area contributed by atoms with Crippen LogP contribution in [0.25, 0.3) is 0 Å². The molecule has 0 radical (unpaired) electrons. The second-order valence-corrected chi connectivity index (χ2v) is 6.64. The fourth-order valence-corrected chi connectivity index (χ4v) is 3.53. The maximum absolute atomic E-state index is 12.8. The molecule has 5 heteroatoms. The van der Waals surface area contributed by atoms with Gasteiger partial charge in [0.25, 0.3) is 0 Å². The molecule has 0 aromatic heterocycles. The summed E-state index contributed by atoms with van der Waals surface area (Å²) in [5, 5.41) is 9.98. The van der Waals surface area contributed by atoms with Gasteiger partial charge in [-0.2, -0.15) is 0 Å². The first-order valence-electron chi connectivity index (χ1n) is 7.40. The molecule has 1 aromatic carbocycles. The third-order valence-electron chi connectivity index (χ3n) is 3.98. The molecule has 0 bridgehead atoms. The molecule has 1 aromatic rings. The van der Waals surface area contributed by atoms with Crippen LogP contribution >= 0.6 is 11.8 Å². The average molecular weight is 311 g/mol. The van der Waals surface area contributed by atoms with Crippen molar-refractivity contribution in [1.29, 1.82) is 0 Å². The number of nitrogens with zero attached hydrogens (tertiary/aromatic N) is 1. The molecule has 0 aliphatic heterocycles. The Morgan fingerprint density at radius 1 is 1.33 bits per heavy atom. The molecule has 1 saturated carbocycles. The van der Waals surface area contributed by atoms with E-state index in [-0.39, 0.29) is 17.8 Å². The maximum Gasteiger partial charge on any atom is 0.223 e. The maximum atomic E-state index is 12.8. The van der Waals surface area contributed by atoms with Crippen LogP contribution in [0.5, 0.6) is 0 Å². The number of thioether (sulfide) groups is 1. The average Bonchev–Trinajstić information content (AvgIpc) is 2.49. The lowest BCUT2D eigenvalue weighted by Crippen LogP contribution is -2.46. The number of carbonyl (C=O) groups excluding carboxylic acids is 1. The van der Waals surface area contributed by atoms with Crippen LogP contribution in [-0.2, 0) is 4.79 Å². The number of hydrogen-bond acceptors (Lipinski definition) is 3. The van der Waals surface area contributed by atoms with Crippen LogP contribution in [0, 0.1) is 5.82 Å². The molecule has 2 unspecified atom stereocenters. The van der Waals surface area contributed by atoms with Gasteiger partial charge in [0.05, 0.1) is 12.1 Å². The van der Waals surface area contributed by atoms with E-state index in [0.717, 1.165) is 30.6 Å². The van der Waals surface area contributed by atoms with Gasteiger partial charge >= 0.3 is 0 Å². The van der Waals surface area contributed by atoms with Gasteiger partial charge in [-0.3, -0.25) is 4.79 Å². The van der Waals surface area contributed by atoms with E-state index in [1.165, 1.54) is 12.1 Å². The molecule has 0 saturated heterocycles. The summed E-state index contributed by atoms with van der Waals surface area (Å²) >= 11 is 1.55. The van der Waals surface area contributed by atoms with Gasteiger partial charge in [0, 0.05) is 24.1 Å². The molecule has 1 aliphatic rings. The molecule has 21 heavy (non-hydrogen) atoms. The highest BCUT2D eigenvalue weighted by atomic mass is 32.2. The number of amides is 1. The molecule has 2 rings (SSSR count). The zero-order valence-corrected chi connectivity index (χ0v) is 13.1. The number of hydrogen-bond donors (Lipinski definition) is 1. The van der Waals surface area contributed by atoms with E-state index in [9.17, 15) is 14.3 Å². The minimum Gasteiger partial charge on any atom is -0.391 e. The summed E-state index contributed by atoms with van der Waals surface area (Å²) in [5.74, 6) is 0.481. The zero-order valence-electron chi connectivity index (χ0n) is 12.3. The number of aliphatic hydroxyl groups is 1. The summed E-state index contributed by atoms with van der Waals surface area (Å²) < 4.78 is 12.8. The van der Waals surface area contributed by atoms with Gasteiger partial charge in [0.2, 0.25) is 5.91 Å². The second kappa shape index (κ2) is 7.80. The zero-order chi connectivity index (χ0) is 15.2. The first-order valence-corrected chi connectivity index (χ1v) is 8.38. The van der Waals surface area contributed by atoms with Crippen molar-refractivity contribution in [2.45, 2.75) is 49.1 Å². The van der Waals surface area contributed by atoms with Crippen LogP contribution < -0.4 is 0 Å². The summed E-state index contributed by atoms with van der Waals surface area (Å²) in [7, 11) is 1.78. The van der Waals surface area contributed by atoms with E-state index in [4.69, 9.17) is 0 Å². The smallest absolute Gasteiger partial charge is 0.223 e. The van der Waals surface area contributed by atoms with E-state index in [1.54, 1.807) is 35.8 Å². The van der Waals surface area contributed by atoms with Crippen molar-refractivity contribution in [3.63, 3.8) is 0 Å². The van der Waals surface area contributed by atoms with Gasteiger partial charge in [-0.05, 0) is 37.1 Å². The number of carbonyl (C=O) groups is 1. The van der Waals surface area contributed by atoms with Gasteiger partial charge < -0.3 is 10.0 Å². The summed E-state index contributed by atoms with van der Waals surface area (Å²) in [6.07, 6.45) is 3.82. The lowest BCUT2D eigenvalue weighted by Gasteiger charge is -2.35. The quantitative estimate of drug-likeness (QED) is 0.850. The molecular weight excluding hydrogens is 289 g/mol. The van der Waals surface area contributed by atoms with Crippen LogP contribution in [0.4, 0.5) is 4.39 Å². The molecule has 0 spiro atoms. The predicted octanol–water partition coefficient (Wildman–Crippen LogP) is 3.07. The summed E-state index contributed by atoms with van der Waals surface area (Å²) in [4.78, 5) is 14.8. The Morgan fingerprint density at radius 3 is 2.67 bits per heavy atom. The number of likely N-dealkylation sites (N-methyl/N-ethyl adjacent to an activating group) is 1. The summed E-state index contributed by atoms with van der Waals surface area (Å²) in [6, 6.07) is 6.25.